The van der Waals surface area contributed by atoms with Gasteiger partial charge in [0.25, 0.3) is 5.91 Å². The Bertz CT molecular complexity index is 459. The van der Waals surface area contributed by atoms with Gasteiger partial charge < -0.3 is 15.4 Å². The molecule has 1 aliphatic heterocycles. The third-order valence-electron chi connectivity index (χ3n) is 3.40. The summed E-state index contributed by atoms with van der Waals surface area (Å²) < 4.78 is 19.1. The summed E-state index contributed by atoms with van der Waals surface area (Å²) in [6.07, 6.45) is 0.952. The number of amides is 1. The maximum Gasteiger partial charge on any atom is 0.256 e. The summed E-state index contributed by atoms with van der Waals surface area (Å²) in [5, 5.41) is 0. The van der Waals surface area contributed by atoms with Crippen LogP contribution in [-0.2, 0) is 4.74 Å². The van der Waals surface area contributed by atoms with Crippen molar-refractivity contribution in [1.29, 1.82) is 0 Å². The molecule has 0 radical (unpaired) electrons. The van der Waals surface area contributed by atoms with Crippen LogP contribution in [0.15, 0.2) is 18.2 Å². The van der Waals surface area contributed by atoms with Gasteiger partial charge in [0.2, 0.25) is 0 Å². The van der Waals surface area contributed by atoms with E-state index in [1.807, 2.05) is 6.92 Å². The van der Waals surface area contributed by atoms with E-state index >= 15 is 0 Å². The van der Waals surface area contributed by atoms with E-state index < -0.39 is 5.82 Å². The van der Waals surface area contributed by atoms with Gasteiger partial charge in [0.1, 0.15) is 5.82 Å². The first kappa shape index (κ1) is 13.8. The molecule has 104 valence electrons. The molecule has 0 bridgehead atoms. The number of hydrogen-bond acceptors (Lipinski definition) is 3. The molecule has 1 amide bonds. The lowest BCUT2D eigenvalue weighted by molar-refractivity contribution is 0.0726. The molecule has 1 unspecified atom stereocenters. The molecule has 1 aliphatic rings. The van der Waals surface area contributed by atoms with Gasteiger partial charge in [-0.2, -0.15) is 0 Å². The zero-order valence-electron chi connectivity index (χ0n) is 11.1. The molecule has 2 N–H and O–H groups in total. The van der Waals surface area contributed by atoms with Crippen LogP contribution < -0.4 is 5.73 Å². The summed E-state index contributed by atoms with van der Waals surface area (Å²) in [4.78, 5) is 14.0. The SMILES string of the molecule is CCN(CC1CCOC1)C(=O)c1ccc(N)cc1F. The summed E-state index contributed by atoms with van der Waals surface area (Å²) in [6.45, 7) is 4.47. The van der Waals surface area contributed by atoms with Crippen LogP contribution in [0.3, 0.4) is 0 Å². The van der Waals surface area contributed by atoms with E-state index in [1.165, 1.54) is 12.1 Å². The molecule has 1 aromatic carbocycles. The van der Waals surface area contributed by atoms with Crippen molar-refractivity contribution in [2.45, 2.75) is 13.3 Å². The molecule has 0 saturated carbocycles. The number of nitrogen functional groups attached to an aromatic ring is 1. The number of benzene rings is 1. The molecule has 1 aromatic rings. The highest BCUT2D eigenvalue weighted by Crippen LogP contribution is 2.18. The Morgan fingerprint density at radius 2 is 2.37 bits per heavy atom. The molecule has 4 nitrogen and oxygen atoms in total. The predicted octanol–water partition coefficient (Wildman–Crippen LogP) is 1.91. The third-order valence-corrected chi connectivity index (χ3v) is 3.40. The first-order valence-electron chi connectivity index (χ1n) is 6.54. The number of halogens is 1. The second-order valence-electron chi connectivity index (χ2n) is 4.81. The summed E-state index contributed by atoms with van der Waals surface area (Å²) in [5.74, 6) is -0.501. The Kier molecular flexibility index (Phi) is 4.37. The van der Waals surface area contributed by atoms with Crippen molar-refractivity contribution in [3.05, 3.63) is 29.6 Å². The van der Waals surface area contributed by atoms with Gasteiger partial charge in [0.05, 0.1) is 12.2 Å². The van der Waals surface area contributed by atoms with Crippen LogP contribution >= 0.6 is 0 Å². The number of ether oxygens (including phenoxy) is 1. The van der Waals surface area contributed by atoms with Crippen LogP contribution in [-0.4, -0.2) is 37.1 Å². The predicted molar refractivity (Wildman–Crippen MR) is 71.3 cm³/mol. The molecule has 2 rings (SSSR count). The second kappa shape index (κ2) is 6.02. The summed E-state index contributed by atoms with van der Waals surface area (Å²) >= 11 is 0. The largest absolute Gasteiger partial charge is 0.399 e. The highest BCUT2D eigenvalue weighted by molar-refractivity contribution is 5.94. The van der Waals surface area contributed by atoms with Crippen molar-refractivity contribution in [2.24, 2.45) is 5.92 Å². The lowest BCUT2D eigenvalue weighted by Gasteiger charge is -2.24. The minimum atomic E-state index is -0.564. The minimum absolute atomic E-state index is 0.0787. The lowest BCUT2D eigenvalue weighted by Crippen LogP contribution is -2.36. The number of nitrogens with two attached hydrogens (primary N) is 1. The zero-order chi connectivity index (χ0) is 13.8. The van der Waals surface area contributed by atoms with Crippen molar-refractivity contribution in [2.75, 3.05) is 32.0 Å². The second-order valence-corrected chi connectivity index (χ2v) is 4.81. The normalized spacial score (nSPS) is 18.5. The summed E-state index contributed by atoms with van der Waals surface area (Å²) in [7, 11) is 0. The monoisotopic (exact) mass is 266 g/mol. The lowest BCUT2D eigenvalue weighted by atomic mass is 10.1. The highest BCUT2D eigenvalue weighted by atomic mass is 19.1. The number of carbonyl (C=O) groups excluding carboxylic acids is 1. The fourth-order valence-electron chi connectivity index (χ4n) is 2.27. The highest BCUT2D eigenvalue weighted by Gasteiger charge is 2.23. The number of hydrogen-bond donors (Lipinski definition) is 1. The van der Waals surface area contributed by atoms with Crippen LogP contribution in [0.5, 0.6) is 0 Å². The number of rotatable bonds is 4. The Balaban J connectivity index is 2.10. The number of nitrogens with zero attached hydrogens (tertiary/aromatic N) is 1. The van der Waals surface area contributed by atoms with Gasteiger partial charge >= 0.3 is 0 Å². The van der Waals surface area contributed by atoms with Gasteiger partial charge in [-0.05, 0) is 31.5 Å². The number of carbonyl (C=O) groups is 1. The molecular weight excluding hydrogens is 247 g/mol. The third kappa shape index (κ3) is 3.23. The van der Waals surface area contributed by atoms with E-state index in [0.29, 0.717) is 31.3 Å². The van der Waals surface area contributed by atoms with E-state index in [4.69, 9.17) is 10.5 Å². The van der Waals surface area contributed by atoms with Crippen LogP contribution in [0.25, 0.3) is 0 Å². The molecule has 1 atom stereocenters. The molecule has 0 aliphatic carbocycles. The molecule has 0 aromatic heterocycles. The topological polar surface area (TPSA) is 55.6 Å². The van der Waals surface area contributed by atoms with Crippen molar-refractivity contribution in [1.82, 2.24) is 4.90 Å². The summed E-state index contributed by atoms with van der Waals surface area (Å²) in [5.41, 5.74) is 5.89. The first-order valence-corrected chi connectivity index (χ1v) is 6.54. The van der Waals surface area contributed by atoms with E-state index in [-0.39, 0.29) is 11.5 Å². The van der Waals surface area contributed by atoms with E-state index in [0.717, 1.165) is 13.0 Å². The Labute approximate surface area is 112 Å². The summed E-state index contributed by atoms with van der Waals surface area (Å²) in [6, 6.07) is 4.17. The van der Waals surface area contributed by atoms with Gasteiger partial charge in [-0.1, -0.05) is 0 Å². The van der Waals surface area contributed by atoms with Crippen molar-refractivity contribution >= 4 is 11.6 Å². The Hall–Kier alpha value is -1.62. The quantitative estimate of drug-likeness (QED) is 0.847. The van der Waals surface area contributed by atoms with E-state index in [1.54, 1.807) is 11.0 Å². The van der Waals surface area contributed by atoms with Crippen molar-refractivity contribution in [3.8, 4) is 0 Å². The maximum atomic E-state index is 13.8. The smallest absolute Gasteiger partial charge is 0.256 e. The van der Waals surface area contributed by atoms with Crippen LogP contribution in [0.1, 0.15) is 23.7 Å². The van der Waals surface area contributed by atoms with Crippen LogP contribution in [0.2, 0.25) is 0 Å². The van der Waals surface area contributed by atoms with Crippen molar-refractivity contribution < 1.29 is 13.9 Å². The zero-order valence-corrected chi connectivity index (χ0v) is 11.1. The molecule has 1 saturated heterocycles. The van der Waals surface area contributed by atoms with Crippen molar-refractivity contribution in [3.63, 3.8) is 0 Å². The molecule has 0 spiro atoms. The number of anilines is 1. The Morgan fingerprint density at radius 3 is 2.95 bits per heavy atom. The minimum Gasteiger partial charge on any atom is -0.399 e. The van der Waals surface area contributed by atoms with Gasteiger partial charge in [0, 0.05) is 31.3 Å². The van der Waals surface area contributed by atoms with Crippen LogP contribution in [0, 0.1) is 11.7 Å². The fraction of sp³-hybridized carbons (Fsp3) is 0.500. The molecule has 19 heavy (non-hydrogen) atoms. The standard InChI is InChI=1S/C14H19FN2O2/c1-2-17(8-10-5-6-19-9-10)14(18)12-4-3-11(16)7-13(12)15/h3-4,7,10H,2,5-6,8-9,16H2,1H3. The van der Waals surface area contributed by atoms with E-state index in [9.17, 15) is 9.18 Å². The van der Waals surface area contributed by atoms with Gasteiger partial charge in [-0.15, -0.1) is 0 Å². The molecular formula is C14H19FN2O2. The van der Waals surface area contributed by atoms with Crippen LogP contribution in [0.4, 0.5) is 10.1 Å². The average molecular weight is 266 g/mol. The first-order chi connectivity index (χ1) is 9.11. The maximum absolute atomic E-state index is 13.8. The van der Waals surface area contributed by atoms with Gasteiger partial charge in [-0.25, -0.2) is 4.39 Å². The van der Waals surface area contributed by atoms with Gasteiger partial charge in [0.15, 0.2) is 0 Å². The molecule has 1 heterocycles. The Morgan fingerprint density at radius 1 is 1.58 bits per heavy atom. The fourth-order valence-corrected chi connectivity index (χ4v) is 2.27. The molecule has 5 heteroatoms. The molecule has 1 fully saturated rings. The van der Waals surface area contributed by atoms with Gasteiger partial charge in [-0.3, -0.25) is 4.79 Å². The average Bonchev–Trinajstić information content (AvgIpc) is 2.88. The van der Waals surface area contributed by atoms with E-state index in [2.05, 4.69) is 0 Å².